The third-order valence-corrected chi connectivity index (χ3v) is 3.74. The summed E-state index contributed by atoms with van der Waals surface area (Å²) in [6, 6.07) is 31.2. The van der Waals surface area contributed by atoms with Crippen LogP contribution in [0.2, 0.25) is 0 Å². The van der Waals surface area contributed by atoms with Gasteiger partial charge in [0, 0.05) is 34.2 Å². The van der Waals surface area contributed by atoms with Gasteiger partial charge < -0.3 is 10.1 Å². The second kappa shape index (κ2) is 9.04. The van der Waals surface area contributed by atoms with Gasteiger partial charge in [-0.1, -0.05) is 60.7 Å². The van der Waals surface area contributed by atoms with Gasteiger partial charge in [0.15, 0.2) is 0 Å². The predicted octanol–water partition coefficient (Wildman–Crippen LogP) is 5.79. The number of nitrogens with zero attached hydrogens (tertiary/aromatic N) is 1. The summed E-state index contributed by atoms with van der Waals surface area (Å²) in [7, 11) is 0. The van der Waals surface area contributed by atoms with Crippen LogP contribution in [0, 0.1) is 0 Å². The molecule has 0 fully saturated rings. The standard InChI is InChI=1S/C12H9N.C6H6O.C5H5N/c1-3-7-11-9(5-1)10-6-2-4-8-12(10)13-11;7-6-4-2-1-3-5-6;1-2-4-6-5-3-1/h1-8,13H;1-5,7H;1-5H. The molecule has 26 heavy (non-hydrogen) atoms. The van der Waals surface area contributed by atoms with Crippen LogP contribution in [0.25, 0.3) is 21.8 Å². The Morgan fingerprint density at radius 2 is 1.00 bits per heavy atom. The van der Waals surface area contributed by atoms with Gasteiger partial charge in [0.25, 0.3) is 0 Å². The highest BCUT2D eigenvalue weighted by Crippen LogP contribution is 2.24. The maximum Gasteiger partial charge on any atom is 0.115 e. The Hall–Kier alpha value is -3.59. The largest absolute Gasteiger partial charge is 0.508 e. The van der Waals surface area contributed by atoms with Crippen molar-refractivity contribution >= 4 is 21.8 Å². The first kappa shape index (κ1) is 17.2. The van der Waals surface area contributed by atoms with Crippen molar-refractivity contribution in [2.75, 3.05) is 0 Å². The summed E-state index contributed by atoms with van der Waals surface area (Å²) in [6.07, 6.45) is 3.50. The minimum absolute atomic E-state index is 0.322. The lowest BCUT2D eigenvalue weighted by Gasteiger charge is -1.87. The molecule has 0 amide bonds. The number of rotatable bonds is 0. The van der Waals surface area contributed by atoms with Crippen molar-refractivity contribution in [2.24, 2.45) is 0 Å². The van der Waals surface area contributed by atoms with E-state index in [1.165, 1.54) is 21.8 Å². The lowest BCUT2D eigenvalue weighted by Crippen LogP contribution is -1.62. The number of hydrogen-bond acceptors (Lipinski definition) is 2. The Morgan fingerprint density at radius 3 is 1.38 bits per heavy atom. The van der Waals surface area contributed by atoms with Gasteiger partial charge in [0.05, 0.1) is 0 Å². The molecule has 0 saturated heterocycles. The Morgan fingerprint density at radius 1 is 0.538 bits per heavy atom. The van der Waals surface area contributed by atoms with Crippen molar-refractivity contribution in [3.05, 3.63) is 109 Å². The third-order valence-electron chi connectivity index (χ3n) is 3.74. The lowest BCUT2D eigenvalue weighted by atomic mass is 10.2. The Kier molecular flexibility index (Phi) is 5.99. The van der Waals surface area contributed by atoms with E-state index in [2.05, 4.69) is 58.5 Å². The number of aromatic amines is 1. The number of H-pyrrole nitrogens is 1. The number of phenolic OH excluding ortho intramolecular Hbond substituents is 1. The summed E-state index contributed by atoms with van der Waals surface area (Å²) in [5.74, 6) is 0.322. The normalized spacial score (nSPS) is 9.69. The Balaban J connectivity index is 0.000000128. The van der Waals surface area contributed by atoms with Crippen LogP contribution >= 0.6 is 0 Å². The lowest BCUT2D eigenvalue weighted by molar-refractivity contribution is 0.475. The molecular weight excluding hydrogens is 320 g/mol. The van der Waals surface area contributed by atoms with E-state index in [4.69, 9.17) is 5.11 Å². The molecule has 2 N–H and O–H groups in total. The Bertz CT molecular complexity index is 964. The van der Waals surface area contributed by atoms with Crippen LogP contribution < -0.4 is 0 Å². The summed E-state index contributed by atoms with van der Waals surface area (Å²) < 4.78 is 0. The van der Waals surface area contributed by atoms with Crippen LogP contribution in [0.5, 0.6) is 5.75 Å². The monoisotopic (exact) mass is 340 g/mol. The number of fused-ring (bicyclic) bond motifs is 3. The number of hydrogen-bond donors (Lipinski definition) is 2. The van der Waals surface area contributed by atoms with E-state index < -0.39 is 0 Å². The first-order valence-electron chi connectivity index (χ1n) is 8.39. The summed E-state index contributed by atoms with van der Waals surface area (Å²) in [5.41, 5.74) is 2.42. The van der Waals surface area contributed by atoms with Gasteiger partial charge in [-0.2, -0.15) is 0 Å². The highest BCUT2D eigenvalue weighted by Gasteiger charge is 2.00. The number of para-hydroxylation sites is 3. The van der Waals surface area contributed by atoms with E-state index >= 15 is 0 Å². The number of nitrogens with one attached hydrogen (secondary N) is 1. The van der Waals surface area contributed by atoms with Crippen LogP contribution in [0.15, 0.2) is 109 Å². The molecule has 3 heteroatoms. The van der Waals surface area contributed by atoms with Crippen molar-refractivity contribution in [3.8, 4) is 5.75 Å². The summed E-state index contributed by atoms with van der Waals surface area (Å²) >= 11 is 0. The smallest absolute Gasteiger partial charge is 0.115 e. The van der Waals surface area contributed by atoms with Gasteiger partial charge >= 0.3 is 0 Å². The van der Waals surface area contributed by atoms with Gasteiger partial charge in [-0.05, 0) is 36.4 Å². The number of aromatic hydroxyl groups is 1. The zero-order valence-corrected chi connectivity index (χ0v) is 14.3. The fourth-order valence-corrected chi connectivity index (χ4v) is 2.54. The van der Waals surface area contributed by atoms with Gasteiger partial charge in [-0.15, -0.1) is 0 Å². The van der Waals surface area contributed by atoms with Gasteiger partial charge in [-0.25, -0.2) is 0 Å². The van der Waals surface area contributed by atoms with E-state index in [1.54, 1.807) is 36.7 Å². The second-order valence-electron chi connectivity index (χ2n) is 5.58. The highest BCUT2D eigenvalue weighted by atomic mass is 16.3. The zero-order valence-electron chi connectivity index (χ0n) is 14.3. The van der Waals surface area contributed by atoms with Crippen molar-refractivity contribution in [2.45, 2.75) is 0 Å². The Labute approximate surface area is 152 Å². The molecule has 5 rings (SSSR count). The molecule has 2 heterocycles. The summed E-state index contributed by atoms with van der Waals surface area (Å²) in [4.78, 5) is 7.16. The minimum atomic E-state index is 0.322. The van der Waals surface area contributed by atoms with Crippen LogP contribution in [0.3, 0.4) is 0 Å². The maximum atomic E-state index is 8.63. The van der Waals surface area contributed by atoms with Crippen LogP contribution in [0.4, 0.5) is 0 Å². The SMILES string of the molecule is Oc1ccccc1.c1ccc2c(c1)[nH]c1ccccc12.c1ccncc1. The molecule has 0 unspecified atom stereocenters. The molecule has 0 aliphatic rings. The molecule has 0 aliphatic carbocycles. The molecule has 5 aromatic rings. The van der Waals surface area contributed by atoms with Gasteiger partial charge in [0.1, 0.15) is 5.75 Å². The minimum Gasteiger partial charge on any atom is -0.508 e. The summed E-state index contributed by atoms with van der Waals surface area (Å²) in [6.45, 7) is 0. The molecule has 2 aromatic heterocycles. The van der Waals surface area contributed by atoms with E-state index in [-0.39, 0.29) is 0 Å². The quantitative estimate of drug-likeness (QED) is 0.374. The van der Waals surface area contributed by atoms with E-state index in [0.29, 0.717) is 5.75 Å². The number of pyridine rings is 1. The van der Waals surface area contributed by atoms with Crippen molar-refractivity contribution in [3.63, 3.8) is 0 Å². The second-order valence-corrected chi connectivity index (χ2v) is 5.58. The first-order chi connectivity index (χ1) is 12.8. The van der Waals surface area contributed by atoms with Crippen LogP contribution in [-0.4, -0.2) is 15.1 Å². The summed E-state index contributed by atoms with van der Waals surface area (Å²) in [5, 5.41) is 11.2. The number of phenols is 1. The topological polar surface area (TPSA) is 48.9 Å². The highest BCUT2D eigenvalue weighted by molar-refractivity contribution is 6.06. The molecule has 128 valence electrons. The molecule has 0 bridgehead atoms. The molecular formula is C23H20N2O. The van der Waals surface area contributed by atoms with Crippen molar-refractivity contribution in [1.82, 2.24) is 9.97 Å². The molecule has 0 aliphatic heterocycles. The third kappa shape index (κ3) is 4.71. The average molecular weight is 340 g/mol. The molecule has 3 nitrogen and oxygen atoms in total. The average Bonchev–Trinajstić information content (AvgIpc) is 3.10. The van der Waals surface area contributed by atoms with Crippen molar-refractivity contribution < 1.29 is 5.11 Å². The molecule has 0 spiro atoms. The van der Waals surface area contributed by atoms with Crippen LogP contribution in [-0.2, 0) is 0 Å². The molecule has 0 saturated carbocycles. The zero-order chi connectivity index (χ0) is 18.0. The fourth-order valence-electron chi connectivity index (χ4n) is 2.54. The van der Waals surface area contributed by atoms with Crippen molar-refractivity contribution in [1.29, 1.82) is 0 Å². The molecule has 3 aromatic carbocycles. The predicted molar refractivity (Wildman–Crippen MR) is 108 cm³/mol. The van der Waals surface area contributed by atoms with E-state index in [0.717, 1.165) is 0 Å². The molecule has 0 atom stereocenters. The first-order valence-corrected chi connectivity index (χ1v) is 8.39. The van der Waals surface area contributed by atoms with Crippen LogP contribution in [0.1, 0.15) is 0 Å². The number of aromatic nitrogens is 2. The van der Waals surface area contributed by atoms with Gasteiger partial charge in [-0.3, -0.25) is 4.98 Å². The molecule has 0 radical (unpaired) electrons. The van der Waals surface area contributed by atoms with Gasteiger partial charge in [0.2, 0.25) is 0 Å². The number of benzene rings is 3. The van der Waals surface area contributed by atoms with E-state index in [9.17, 15) is 0 Å². The van der Waals surface area contributed by atoms with E-state index in [1.807, 2.05) is 24.3 Å². The fraction of sp³-hybridized carbons (Fsp3) is 0. The maximum absolute atomic E-state index is 8.63.